The van der Waals surface area contributed by atoms with Gasteiger partial charge in [0.15, 0.2) is 0 Å². The van der Waals surface area contributed by atoms with E-state index in [-0.39, 0.29) is 98.1 Å². The summed E-state index contributed by atoms with van der Waals surface area (Å²) in [4.78, 5) is 17.7. The number of amides is 1. The van der Waals surface area contributed by atoms with Gasteiger partial charge in [-0.1, -0.05) is 30.7 Å². The van der Waals surface area contributed by atoms with Crippen molar-refractivity contribution >= 4 is 23.2 Å². The van der Waals surface area contributed by atoms with Crippen LogP contribution in [-0.2, 0) is 9.53 Å². The molecule has 0 radical (unpaired) electrons. The Bertz CT molecular complexity index is 1470. The third kappa shape index (κ3) is 8.66. The zero-order valence-corrected chi connectivity index (χ0v) is 29.4. The first kappa shape index (κ1) is 36.5. The minimum atomic E-state index is -1.54. The Morgan fingerprint density at radius 2 is 2.02 bits per heavy atom. The van der Waals surface area contributed by atoms with Gasteiger partial charge in [-0.3, -0.25) is 4.79 Å². The number of carbonyl (C=O) groups is 1. The number of rotatable bonds is 7. The number of pyridine rings is 1. The van der Waals surface area contributed by atoms with E-state index in [0.717, 1.165) is 5.56 Å². The Kier molecular flexibility index (Phi) is 13.3. The topological polar surface area (TPSA) is 105 Å². The van der Waals surface area contributed by atoms with Gasteiger partial charge in [0.25, 0.3) is 0 Å². The molecule has 1 aliphatic heterocycles. The molecule has 2 fully saturated rings. The number of aromatic nitrogens is 1. The molecule has 0 spiro atoms. The van der Waals surface area contributed by atoms with Crippen molar-refractivity contribution in [3.8, 4) is 17.0 Å². The number of aliphatic hydroxyl groups excluding tert-OH is 1. The van der Waals surface area contributed by atoms with Crippen molar-refractivity contribution in [1.82, 2.24) is 10.3 Å². The number of allylic oxidation sites excluding steroid dienone is 2. The first-order valence-electron chi connectivity index (χ1n) is 14.2. The van der Waals surface area contributed by atoms with Crippen LogP contribution in [0.1, 0.15) is 62.6 Å². The van der Waals surface area contributed by atoms with Crippen LogP contribution >= 0.6 is 11.6 Å². The number of hydrogen-bond donors (Lipinski definition) is 3. The smallest absolute Gasteiger partial charge is 0.507 e. The molecule has 2 heterocycles. The summed E-state index contributed by atoms with van der Waals surface area (Å²) in [7, 11) is 1.39. The summed E-state index contributed by atoms with van der Waals surface area (Å²) in [5, 5.41) is 18.2. The molecule has 3 N–H and O–H groups in total. The number of nitrogens with one attached hydrogen (secondary N) is 2. The molecule has 0 bridgehead atoms. The molecule has 1 amide bonds. The van der Waals surface area contributed by atoms with Gasteiger partial charge < -0.3 is 31.7 Å². The Hall–Kier alpha value is -1.92. The number of carbonyl (C=O) groups excluding carboxylic acids is 1. The summed E-state index contributed by atoms with van der Waals surface area (Å²) in [6, 6.07) is 6.26. The Morgan fingerprint density at radius 1 is 1.36 bits per heavy atom. The maximum atomic E-state index is 15.7. The predicted octanol–water partition coefficient (Wildman–Crippen LogP) is 3.58. The third-order valence-corrected chi connectivity index (χ3v) is 7.70. The van der Waals surface area contributed by atoms with Gasteiger partial charge in [0.2, 0.25) is 5.91 Å². The van der Waals surface area contributed by atoms with Crippen molar-refractivity contribution in [1.29, 1.82) is 5.41 Å². The molecule has 1 aromatic heterocycles. The van der Waals surface area contributed by atoms with Crippen molar-refractivity contribution < 1.29 is 79.5 Å². The van der Waals surface area contributed by atoms with Crippen LogP contribution in [0.4, 0.5) is 8.78 Å². The third-order valence-electron chi connectivity index (χ3n) is 7.32. The average molecular weight is 651 g/mol. The van der Waals surface area contributed by atoms with Crippen LogP contribution in [0.15, 0.2) is 53.3 Å². The van der Waals surface area contributed by atoms with Crippen LogP contribution in [0.25, 0.3) is 11.3 Å². The van der Waals surface area contributed by atoms with E-state index < -0.39 is 23.3 Å². The summed E-state index contributed by atoms with van der Waals surface area (Å²) in [5.41, 5.74) is 0.723. The van der Waals surface area contributed by atoms with E-state index in [4.69, 9.17) is 43.2 Å². The van der Waals surface area contributed by atoms with E-state index >= 15 is 4.39 Å². The molecular formula is C33H36ClF2KN3O4-. The number of aliphatic hydroxyl groups is 1. The Balaban J connectivity index is 0.000000688. The second kappa shape index (κ2) is 16.1. The molecule has 230 valence electrons. The summed E-state index contributed by atoms with van der Waals surface area (Å²) < 4.78 is 41.0. The van der Waals surface area contributed by atoms with Crippen LogP contribution in [0.5, 0.6) is 5.75 Å². The van der Waals surface area contributed by atoms with E-state index in [0.29, 0.717) is 42.1 Å². The Labute approximate surface area is 305 Å². The fourth-order valence-corrected chi connectivity index (χ4v) is 4.90. The van der Waals surface area contributed by atoms with E-state index in [1.807, 2.05) is 13.0 Å². The molecule has 6 rings (SSSR count). The maximum Gasteiger partial charge on any atom is 1.00 e. The normalized spacial score (nSPS) is 19.2. The number of benzene rings is 1. The summed E-state index contributed by atoms with van der Waals surface area (Å²) in [5.74, 6) is -1.13. The van der Waals surface area contributed by atoms with E-state index in [1.165, 1.54) is 44.2 Å². The number of methoxy groups -OCH3 is 1. The quantitative estimate of drug-likeness (QED) is 0.314. The number of alkyl halides is 1. The zero-order valence-electron chi connectivity index (χ0n) is 25.5. The first-order valence-corrected chi connectivity index (χ1v) is 14.6. The molecule has 2 aromatic rings. The molecule has 0 saturated heterocycles. The molecule has 2 saturated carbocycles. The van der Waals surface area contributed by atoms with Gasteiger partial charge in [-0.2, -0.15) is 5.57 Å². The predicted molar refractivity (Wildman–Crippen MR) is 162 cm³/mol. The average Bonchev–Trinajstić information content (AvgIpc) is 3.93. The molecular weight excluding hydrogens is 615 g/mol. The molecule has 44 heavy (non-hydrogen) atoms. The van der Waals surface area contributed by atoms with Crippen LogP contribution in [0.2, 0.25) is 5.02 Å². The van der Waals surface area contributed by atoms with Crippen molar-refractivity contribution in [2.45, 2.75) is 57.0 Å². The van der Waals surface area contributed by atoms with Gasteiger partial charge in [-0.25, -0.2) is 33.2 Å². The van der Waals surface area contributed by atoms with Crippen molar-refractivity contribution in [3.05, 3.63) is 88.4 Å². The minimum absolute atomic E-state index is 0. The van der Waals surface area contributed by atoms with Crippen molar-refractivity contribution in [2.24, 2.45) is 0 Å². The molecule has 1 aromatic carbocycles. The largest absolute Gasteiger partial charge is 1.00 e. The van der Waals surface area contributed by atoms with Gasteiger partial charge in [0.05, 0.1) is 30.4 Å². The van der Waals surface area contributed by atoms with Gasteiger partial charge in [-0.15, -0.1) is 6.08 Å². The molecule has 3 aliphatic carbocycles. The van der Waals surface area contributed by atoms with Crippen LogP contribution in [0.3, 0.4) is 0 Å². The standard InChI is InChI=1S/C28H25ClF2N3O3.C3H5.C2H6O.K/c1-14-9-16(10-22(36-3)24(14)32)27(35)33-12-19(28(31)7-8-28)21-11-18-15(2)13-37-26(18)25(34-21)17-5-4-6-20(30)23(17)29;1-2-3-1;1-2-3;/h1,4-6,9-11,15,19,32H,7-8,12-13H2,2-3H3,(H,33,35);1H,2-3H2;3H,2H2,1H3;/q2*-1;;+1. The molecule has 4 aliphatic rings. The molecule has 11 heteroatoms. The first-order chi connectivity index (χ1) is 20.5. The van der Waals surface area contributed by atoms with E-state index in [2.05, 4.69) is 11.7 Å². The van der Waals surface area contributed by atoms with Crippen LogP contribution in [-0.4, -0.2) is 54.2 Å². The summed E-state index contributed by atoms with van der Waals surface area (Å²) >= 11 is 6.28. The van der Waals surface area contributed by atoms with Gasteiger partial charge in [-0.05, 0) is 49.3 Å². The number of fused-ring (bicyclic) bond motifs is 1. The molecule has 7 nitrogen and oxygen atoms in total. The summed E-state index contributed by atoms with van der Waals surface area (Å²) in [6.07, 6.45) is 8.47. The van der Waals surface area contributed by atoms with Crippen LogP contribution < -0.4 is 61.4 Å². The van der Waals surface area contributed by atoms with Gasteiger partial charge in [0.1, 0.15) is 22.9 Å². The monoisotopic (exact) mass is 650 g/mol. The fraction of sp³-hybridized carbons (Fsp3) is 0.394. The minimum Gasteiger partial charge on any atom is -0.507 e. The SMILES string of the molecule is CCO.[CH-]1CC1.[CH-]=C1C=C(C(=O)NCC(c2cc3c(c(-c4cccc(F)c4Cl)n2)OCC3C)C2(F)CC2)C=C(OC)C1=N.[K+]. The second-order valence-corrected chi connectivity index (χ2v) is 11.1. The van der Waals surface area contributed by atoms with Crippen molar-refractivity contribution in [3.63, 3.8) is 0 Å². The number of nitrogens with zero attached hydrogens (tertiary/aromatic N) is 1. The van der Waals surface area contributed by atoms with Crippen LogP contribution in [0, 0.1) is 24.2 Å². The number of hydrogen-bond acceptors (Lipinski definition) is 6. The van der Waals surface area contributed by atoms with Gasteiger partial charge >= 0.3 is 51.4 Å². The zero-order chi connectivity index (χ0) is 31.3. The molecule has 2 atom stereocenters. The number of halogens is 3. The fourth-order valence-electron chi connectivity index (χ4n) is 4.68. The summed E-state index contributed by atoms with van der Waals surface area (Å²) in [6.45, 7) is 10.2. The van der Waals surface area contributed by atoms with E-state index in [1.54, 1.807) is 13.0 Å². The second-order valence-electron chi connectivity index (χ2n) is 10.7. The van der Waals surface area contributed by atoms with Crippen molar-refractivity contribution in [2.75, 3.05) is 26.9 Å². The van der Waals surface area contributed by atoms with Gasteiger partial charge in [0, 0.05) is 35.9 Å². The maximum absolute atomic E-state index is 15.7. The number of ether oxygens (including phenoxy) is 2. The Morgan fingerprint density at radius 3 is 2.61 bits per heavy atom. The van der Waals surface area contributed by atoms with E-state index in [9.17, 15) is 9.18 Å². The molecule has 2 unspecified atom stereocenters.